The molecule has 0 fully saturated rings. The minimum Gasteiger partial charge on any atom is -0.351 e. The summed E-state index contributed by atoms with van der Waals surface area (Å²) in [5, 5.41) is 0. The van der Waals surface area contributed by atoms with Crippen LogP contribution in [-0.2, 0) is 13.1 Å². The van der Waals surface area contributed by atoms with E-state index >= 15 is 0 Å². The zero-order valence-electron chi connectivity index (χ0n) is 19.5. The molecule has 0 spiro atoms. The molecule has 1 unspecified atom stereocenters. The van der Waals surface area contributed by atoms with Crippen LogP contribution >= 0.6 is 10.6 Å². The molecule has 0 aromatic heterocycles. The summed E-state index contributed by atoms with van der Waals surface area (Å²) in [6.45, 7) is 6.08. The summed E-state index contributed by atoms with van der Waals surface area (Å²) in [7, 11) is 4.02. The van der Waals surface area contributed by atoms with Crippen molar-refractivity contribution in [2.24, 2.45) is 0 Å². The molecule has 0 aromatic rings. The molecule has 0 bridgehead atoms. The normalized spacial score (nSPS) is 13.7. The molecular weight excluding hydrogens is 367 g/mol. The molecule has 1 atom stereocenters. The van der Waals surface area contributed by atoms with Gasteiger partial charge in [0.05, 0.1) is 14.5 Å². The highest BCUT2D eigenvalue weighted by atomic mass is 32.3. The summed E-state index contributed by atoms with van der Waals surface area (Å²) in [5.74, 6) is 0. The van der Waals surface area contributed by atoms with Gasteiger partial charge in [-0.2, -0.15) is 10.6 Å². The van der Waals surface area contributed by atoms with Crippen LogP contribution in [0.5, 0.6) is 0 Å². The molecule has 0 heterocycles. The van der Waals surface area contributed by atoms with Crippen LogP contribution in [0.3, 0.4) is 0 Å². The molecule has 0 saturated heterocycles. The topological polar surface area (TPSA) is 27.7 Å². The lowest BCUT2D eigenvalue weighted by molar-refractivity contribution is -0.0843. The van der Waals surface area contributed by atoms with Crippen LogP contribution in [-0.4, -0.2) is 39.9 Å². The van der Waals surface area contributed by atoms with Gasteiger partial charge in [-0.25, -0.2) is 0 Å². The molecule has 0 aliphatic rings. The molecular formula is C23H49BO3S. The predicted molar refractivity (Wildman–Crippen MR) is 127 cm³/mol. The average molecular weight is 417 g/mol. The maximum atomic E-state index is 6.31. The van der Waals surface area contributed by atoms with Crippen molar-refractivity contribution in [3.05, 3.63) is 0 Å². The van der Waals surface area contributed by atoms with Crippen LogP contribution in [0.25, 0.3) is 0 Å². The van der Waals surface area contributed by atoms with E-state index in [1.807, 2.05) is 0 Å². The number of hydrogen-bond acceptors (Lipinski definition) is 3. The van der Waals surface area contributed by atoms with Gasteiger partial charge in [0, 0.05) is 25.5 Å². The van der Waals surface area contributed by atoms with Crippen molar-refractivity contribution in [2.45, 2.75) is 123 Å². The second-order valence-corrected chi connectivity index (χ2v) is 10.9. The first-order chi connectivity index (χ1) is 13.6. The molecule has 0 aliphatic carbocycles. The van der Waals surface area contributed by atoms with Gasteiger partial charge in [-0.05, 0) is 19.3 Å². The van der Waals surface area contributed by atoms with Crippen LogP contribution in [0.1, 0.15) is 110 Å². The van der Waals surface area contributed by atoms with Crippen LogP contribution in [0.15, 0.2) is 0 Å². The summed E-state index contributed by atoms with van der Waals surface area (Å²) in [6, 6.07) is 0. The monoisotopic (exact) mass is 416 g/mol. The highest BCUT2D eigenvalue weighted by Crippen LogP contribution is 2.44. The van der Waals surface area contributed by atoms with E-state index in [-0.39, 0.29) is 6.29 Å². The Labute approximate surface area is 180 Å². The largest absolute Gasteiger partial charge is 0.351 e. The van der Waals surface area contributed by atoms with E-state index < -0.39 is 10.6 Å². The Morgan fingerprint density at radius 3 is 1.86 bits per heavy atom. The second kappa shape index (κ2) is 20.6. The fourth-order valence-electron chi connectivity index (χ4n) is 3.14. The van der Waals surface area contributed by atoms with E-state index in [0.29, 0.717) is 0 Å². The van der Waals surface area contributed by atoms with Crippen LogP contribution < -0.4 is 0 Å². The first-order valence-corrected chi connectivity index (χ1v) is 14.2. The van der Waals surface area contributed by atoms with E-state index in [0.717, 1.165) is 45.2 Å². The van der Waals surface area contributed by atoms with Crippen molar-refractivity contribution < 1.29 is 13.1 Å². The van der Waals surface area contributed by atoms with Crippen molar-refractivity contribution in [3.8, 4) is 0 Å². The lowest BCUT2D eigenvalue weighted by Gasteiger charge is -2.38. The Morgan fingerprint density at radius 1 is 0.679 bits per heavy atom. The highest BCUT2D eigenvalue weighted by Gasteiger charge is 2.18. The standard InChI is InChI=1S/C23H49BO3S/c1-5-7-9-11-13-17-21-25-23(19-15-10-8-6-2)27-28(3,4)26-22-18-14-12-16-20-24/h23H,5-22H2,1-4H3. The Hall–Kier alpha value is 0.295. The van der Waals surface area contributed by atoms with E-state index in [4.69, 9.17) is 20.9 Å². The van der Waals surface area contributed by atoms with Gasteiger partial charge in [0.25, 0.3) is 0 Å². The minimum absolute atomic E-state index is 0.116. The van der Waals surface area contributed by atoms with Gasteiger partial charge >= 0.3 is 0 Å². The summed E-state index contributed by atoms with van der Waals surface area (Å²) in [4.78, 5) is 0. The molecule has 168 valence electrons. The molecule has 0 aromatic carbocycles. The fourth-order valence-corrected chi connectivity index (χ4v) is 4.38. The van der Waals surface area contributed by atoms with Gasteiger partial charge in [0.1, 0.15) is 0 Å². The van der Waals surface area contributed by atoms with Gasteiger partial charge in [-0.1, -0.05) is 90.8 Å². The fraction of sp³-hybridized carbons (Fsp3) is 1.00. The third kappa shape index (κ3) is 19.6. The number of hydrogen-bond donors (Lipinski definition) is 0. The average Bonchev–Trinajstić information content (AvgIpc) is 2.66. The second-order valence-electron chi connectivity index (χ2n) is 8.18. The molecule has 28 heavy (non-hydrogen) atoms. The van der Waals surface area contributed by atoms with E-state index in [1.165, 1.54) is 70.6 Å². The molecule has 0 rings (SSSR count). The number of ether oxygens (including phenoxy) is 1. The molecule has 0 aliphatic heterocycles. The lowest BCUT2D eigenvalue weighted by atomic mass is 9.99. The van der Waals surface area contributed by atoms with Crippen molar-refractivity contribution in [1.82, 2.24) is 0 Å². The molecule has 3 nitrogen and oxygen atoms in total. The molecule has 5 heteroatoms. The maximum Gasteiger partial charge on any atom is 0.180 e. The molecule has 0 amide bonds. The summed E-state index contributed by atoms with van der Waals surface area (Å²) < 4.78 is 18.5. The Bertz CT molecular complexity index is 316. The third-order valence-corrected chi connectivity index (χ3v) is 6.31. The van der Waals surface area contributed by atoms with E-state index in [2.05, 4.69) is 26.4 Å². The number of unbranched alkanes of at least 4 members (excludes halogenated alkanes) is 11. The molecule has 0 N–H and O–H groups in total. The third-order valence-electron chi connectivity index (χ3n) is 4.90. The smallest absolute Gasteiger partial charge is 0.180 e. The lowest BCUT2D eigenvalue weighted by Crippen LogP contribution is -2.21. The van der Waals surface area contributed by atoms with Crippen LogP contribution in [0.2, 0.25) is 6.32 Å². The number of rotatable bonds is 22. The molecule has 2 radical (unpaired) electrons. The Balaban J connectivity index is 4.13. The van der Waals surface area contributed by atoms with Crippen molar-refractivity contribution in [1.29, 1.82) is 0 Å². The molecule has 0 saturated carbocycles. The quantitative estimate of drug-likeness (QED) is 0.103. The summed E-state index contributed by atoms with van der Waals surface area (Å²) >= 11 is 0. The van der Waals surface area contributed by atoms with Crippen molar-refractivity contribution in [3.63, 3.8) is 0 Å². The zero-order chi connectivity index (χ0) is 20.9. The van der Waals surface area contributed by atoms with E-state index in [9.17, 15) is 0 Å². The predicted octanol–water partition coefficient (Wildman–Crippen LogP) is 7.73. The Morgan fingerprint density at radius 2 is 1.21 bits per heavy atom. The van der Waals surface area contributed by atoms with Gasteiger partial charge < -0.3 is 4.74 Å². The highest BCUT2D eigenvalue weighted by molar-refractivity contribution is 8.24. The van der Waals surface area contributed by atoms with Gasteiger partial charge in [-0.15, -0.1) is 0 Å². The zero-order valence-corrected chi connectivity index (χ0v) is 20.3. The summed E-state index contributed by atoms with van der Waals surface area (Å²) in [5.41, 5.74) is 0. The SMILES string of the molecule is [B]CCCCCCOS(C)(C)OC(CCCCCC)OCCCCCCCC. The summed E-state index contributed by atoms with van der Waals surface area (Å²) in [6.07, 6.45) is 23.1. The Kier molecular flexibility index (Phi) is 20.8. The van der Waals surface area contributed by atoms with Gasteiger partial charge in [0.15, 0.2) is 6.29 Å². The van der Waals surface area contributed by atoms with Crippen LogP contribution in [0, 0.1) is 0 Å². The van der Waals surface area contributed by atoms with Crippen molar-refractivity contribution in [2.75, 3.05) is 25.7 Å². The minimum atomic E-state index is -1.52. The van der Waals surface area contributed by atoms with Crippen molar-refractivity contribution >= 4 is 18.4 Å². The first-order valence-electron chi connectivity index (χ1n) is 11.9. The van der Waals surface area contributed by atoms with Gasteiger partial charge in [-0.3, -0.25) is 8.37 Å². The van der Waals surface area contributed by atoms with Crippen LogP contribution in [0.4, 0.5) is 0 Å². The van der Waals surface area contributed by atoms with E-state index in [1.54, 1.807) is 0 Å². The maximum absolute atomic E-state index is 6.31. The first kappa shape index (κ1) is 28.3. The van der Waals surface area contributed by atoms with Gasteiger partial charge in [0.2, 0.25) is 0 Å².